The molecule has 0 aliphatic carbocycles. The van der Waals surface area contributed by atoms with E-state index in [2.05, 4.69) is 20.9 Å². The van der Waals surface area contributed by atoms with Gasteiger partial charge in [-0.1, -0.05) is 34.1 Å². The van der Waals surface area contributed by atoms with E-state index >= 15 is 0 Å². The van der Waals surface area contributed by atoms with Crippen molar-refractivity contribution in [2.45, 2.75) is 6.42 Å². The number of halogens is 1. The molecular formula is C12H11BrN2O2S. The third-order valence-corrected chi connectivity index (χ3v) is 4.22. The van der Waals surface area contributed by atoms with Gasteiger partial charge >= 0.3 is 5.97 Å². The molecule has 0 bridgehead atoms. The van der Waals surface area contributed by atoms with Gasteiger partial charge in [-0.3, -0.25) is 0 Å². The van der Waals surface area contributed by atoms with E-state index in [1.165, 1.54) is 11.3 Å². The van der Waals surface area contributed by atoms with Gasteiger partial charge in [0.1, 0.15) is 5.01 Å². The molecule has 0 fully saturated rings. The molecule has 6 heteroatoms. The Morgan fingerprint density at radius 3 is 2.78 bits per heavy atom. The van der Waals surface area contributed by atoms with Crippen molar-refractivity contribution >= 4 is 33.2 Å². The number of benzene rings is 1. The van der Waals surface area contributed by atoms with Crippen LogP contribution in [0.15, 0.2) is 28.7 Å². The van der Waals surface area contributed by atoms with E-state index in [4.69, 9.17) is 10.8 Å². The van der Waals surface area contributed by atoms with Crippen LogP contribution in [-0.4, -0.2) is 22.6 Å². The maximum atomic E-state index is 11.1. The predicted octanol–water partition coefficient (Wildman–Crippen LogP) is 2.77. The van der Waals surface area contributed by atoms with Gasteiger partial charge < -0.3 is 10.8 Å². The number of nitrogens with zero attached hydrogens (tertiary/aromatic N) is 1. The fourth-order valence-corrected chi connectivity index (χ4v) is 3.28. The van der Waals surface area contributed by atoms with Crippen LogP contribution in [0.3, 0.4) is 0 Å². The Bertz CT molecular complexity index is 583. The minimum Gasteiger partial charge on any atom is -0.476 e. The Morgan fingerprint density at radius 2 is 2.17 bits per heavy atom. The molecule has 0 spiro atoms. The summed E-state index contributed by atoms with van der Waals surface area (Å²) in [6, 6.07) is 7.60. The van der Waals surface area contributed by atoms with Gasteiger partial charge in [0, 0.05) is 14.9 Å². The van der Waals surface area contributed by atoms with Crippen LogP contribution in [-0.2, 0) is 6.42 Å². The summed E-state index contributed by atoms with van der Waals surface area (Å²) >= 11 is 4.82. The van der Waals surface area contributed by atoms with E-state index in [9.17, 15) is 4.79 Å². The average molecular weight is 327 g/mol. The van der Waals surface area contributed by atoms with Crippen molar-refractivity contribution in [3.8, 4) is 10.6 Å². The van der Waals surface area contributed by atoms with E-state index in [0.717, 1.165) is 14.9 Å². The maximum absolute atomic E-state index is 11.1. The second-order valence-electron chi connectivity index (χ2n) is 3.61. The van der Waals surface area contributed by atoms with Crippen LogP contribution in [0.1, 0.15) is 15.4 Å². The minimum absolute atomic E-state index is 0.108. The van der Waals surface area contributed by atoms with Crippen LogP contribution in [0.4, 0.5) is 0 Å². The van der Waals surface area contributed by atoms with E-state index in [1.807, 2.05) is 24.3 Å². The van der Waals surface area contributed by atoms with E-state index < -0.39 is 5.97 Å². The molecule has 0 atom stereocenters. The van der Waals surface area contributed by atoms with Gasteiger partial charge in [-0.25, -0.2) is 9.78 Å². The Hall–Kier alpha value is -1.24. The van der Waals surface area contributed by atoms with E-state index in [1.54, 1.807) is 0 Å². The molecule has 0 radical (unpaired) electrons. The molecule has 0 aliphatic rings. The number of rotatable bonds is 4. The monoisotopic (exact) mass is 326 g/mol. The third-order valence-electron chi connectivity index (χ3n) is 2.38. The Labute approximate surface area is 117 Å². The number of aromatic nitrogens is 1. The topological polar surface area (TPSA) is 76.2 Å². The first-order chi connectivity index (χ1) is 8.63. The van der Waals surface area contributed by atoms with Crippen LogP contribution in [0, 0.1) is 0 Å². The zero-order valence-corrected chi connectivity index (χ0v) is 11.8. The molecular weight excluding hydrogens is 316 g/mol. The normalized spacial score (nSPS) is 10.6. The first-order valence-electron chi connectivity index (χ1n) is 5.31. The zero-order chi connectivity index (χ0) is 13.1. The molecule has 18 heavy (non-hydrogen) atoms. The lowest BCUT2D eigenvalue weighted by atomic mass is 10.2. The van der Waals surface area contributed by atoms with Gasteiger partial charge in [-0.2, -0.15) is 0 Å². The highest BCUT2D eigenvalue weighted by molar-refractivity contribution is 9.10. The van der Waals surface area contributed by atoms with Crippen molar-refractivity contribution in [2.75, 3.05) is 6.54 Å². The lowest BCUT2D eigenvalue weighted by Crippen LogP contribution is -2.06. The quantitative estimate of drug-likeness (QED) is 0.905. The van der Waals surface area contributed by atoms with Gasteiger partial charge in [-0.15, -0.1) is 11.3 Å². The molecule has 3 N–H and O–H groups in total. The van der Waals surface area contributed by atoms with Crippen molar-refractivity contribution in [3.63, 3.8) is 0 Å². The summed E-state index contributed by atoms with van der Waals surface area (Å²) in [6.45, 7) is 0.415. The lowest BCUT2D eigenvalue weighted by Gasteiger charge is -1.98. The number of thiazole rings is 1. The Morgan fingerprint density at radius 1 is 1.44 bits per heavy atom. The first-order valence-corrected chi connectivity index (χ1v) is 6.92. The van der Waals surface area contributed by atoms with Crippen LogP contribution in [0.2, 0.25) is 0 Å². The molecule has 1 aromatic heterocycles. The third kappa shape index (κ3) is 2.60. The Balaban J connectivity index is 2.50. The molecule has 2 aromatic rings. The van der Waals surface area contributed by atoms with Crippen molar-refractivity contribution in [2.24, 2.45) is 5.73 Å². The molecule has 4 nitrogen and oxygen atoms in total. The number of aromatic carboxylic acids is 1. The Kier molecular flexibility index (Phi) is 4.11. The largest absolute Gasteiger partial charge is 0.476 e. The standard InChI is InChI=1S/C12H11BrN2O2S/c13-8-4-2-1-3-7(8)11-15-10(12(16)17)9(18-11)5-6-14/h1-4H,5-6,14H2,(H,16,17). The number of carboxylic acids is 1. The van der Waals surface area contributed by atoms with Crippen molar-refractivity contribution in [3.05, 3.63) is 39.3 Å². The highest BCUT2D eigenvalue weighted by atomic mass is 79.9. The molecule has 94 valence electrons. The molecule has 0 saturated heterocycles. The summed E-state index contributed by atoms with van der Waals surface area (Å²) in [4.78, 5) is 16.0. The summed E-state index contributed by atoms with van der Waals surface area (Å²) < 4.78 is 0.898. The summed E-state index contributed by atoms with van der Waals surface area (Å²) in [6.07, 6.45) is 0.532. The molecule has 1 aromatic carbocycles. The maximum Gasteiger partial charge on any atom is 0.355 e. The first kappa shape index (κ1) is 13.2. The van der Waals surface area contributed by atoms with Gasteiger partial charge in [0.05, 0.1) is 0 Å². The summed E-state index contributed by atoms with van der Waals surface area (Å²) in [5.41, 5.74) is 6.49. The van der Waals surface area contributed by atoms with Gasteiger partial charge in [0.2, 0.25) is 0 Å². The van der Waals surface area contributed by atoms with Crippen LogP contribution < -0.4 is 5.73 Å². The van der Waals surface area contributed by atoms with Crippen LogP contribution in [0.25, 0.3) is 10.6 Å². The molecule has 0 saturated carbocycles. The average Bonchev–Trinajstić information content (AvgIpc) is 2.74. The van der Waals surface area contributed by atoms with Crippen molar-refractivity contribution in [1.82, 2.24) is 4.98 Å². The van der Waals surface area contributed by atoms with Crippen molar-refractivity contribution < 1.29 is 9.90 Å². The van der Waals surface area contributed by atoms with Gasteiger partial charge in [0.15, 0.2) is 5.69 Å². The highest BCUT2D eigenvalue weighted by Crippen LogP contribution is 2.33. The molecule has 0 aliphatic heterocycles. The van der Waals surface area contributed by atoms with E-state index in [-0.39, 0.29) is 5.69 Å². The fraction of sp³-hybridized carbons (Fsp3) is 0.167. The molecule has 0 unspecified atom stereocenters. The van der Waals surface area contributed by atoms with Crippen LogP contribution >= 0.6 is 27.3 Å². The zero-order valence-electron chi connectivity index (χ0n) is 9.39. The van der Waals surface area contributed by atoms with Crippen molar-refractivity contribution in [1.29, 1.82) is 0 Å². The smallest absolute Gasteiger partial charge is 0.355 e. The fourth-order valence-electron chi connectivity index (χ4n) is 1.57. The highest BCUT2D eigenvalue weighted by Gasteiger charge is 2.18. The SMILES string of the molecule is NCCc1sc(-c2ccccc2Br)nc1C(=O)O. The predicted molar refractivity (Wildman–Crippen MR) is 75.0 cm³/mol. The second kappa shape index (κ2) is 5.60. The van der Waals surface area contributed by atoms with Crippen LogP contribution in [0.5, 0.6) is 0 Å². The number of carboxylic acid groups (broad SMARTS) is 1. The molecule has 2 rings (SSSR count). The summed E-state index contributed by atoms with van der Waals surface area (Å²) in [7, 11) is 0. The minimum atomic E-state index is -1.01. The van der Waals surface area contributed by atoms with E-state index in [0.29, 0.717) is 18.0 Å². The number of hydrogen-bond acceptors (Lipinski definition) is 4. The summed E-state index contributed by atoms with van der Waals surface area (Å²) in [5, 5.41) is 9.81. The lowest BCUT2D eigenvalue weighted by molar-refractivity contribution is 0.0690. The number of nitrogens with two attached hydrogens (primary N) is 1. The van der Waals surface area contributed by atoms with Gasteiger partial charge in [0.25, 0.3) is 0 Å². The van der Waals surface area contributed by atoms with Gasteiger partial charge in [-0.05, 0) is 19.0 Å². The second-order valence-corrected chi connectivity index (χ2v) is 5.55. The number of carbonyl (C=O) groups is 1. The molecule has 0 amide bonds. The summed E-state index contributed by atoms with van der Waals surface area (Å²) in [5.74, 6) is -1.01. The molecule has 1 heterocycles. The number of hydrogen-bond donors (Lipinski definition) is 2.